The molecule has 2 atom stereocenters. The lowest BCUT2D eigenvalue weighted by Crippen LogP contribution is -2.32. The largest absolute Gasteiger partial charge is 0.395 e. The molecule has 0 bridgehead atoms. The van der Waals surface area contributed by atoms with Crippen molar-refractivity contribution in [2.75, 3.05) is 13.2 Å². The number of benzene rings is 1. The number of β-amino-alcohol motifs (C(OH)–C–C–N with tert-alkyl or cyclic N) is 1. The molecule has 2 N–H and O–H groups in total. The lowest BCUT2D eigenvalue weighted by atomic mass is 9.99. The van der Waals surface area contributed by atoms with Gasteiger partial charge in [0, 0.05) is 30.8 Å². The van der Waals surface area contributed by atoms with Crippen LogP contribution in [0.3, 0.4) is 0 Å². The molecule has 132 valence electrons. The number of thiocarbonyl (C=S) groups is 1. The van der Waals surface area contributed by atoms with Crippen LogP contribution in [-0.4, -0.2) is 37.8 Å². The van der Waals surface area contributed by atoms with Crippen molar-refractivity contribution in [2.24, 2.45) is 0 Å². The van der Waals surface area contributed by atoms with Gasteiger partial charge in [0.05, 0.1) is 24.4 Å². The number of aliphatic hydroxyl groups excluding tert-OH is 1. The zero-order valence-corrected chi connectivity index (χ0v) is 15.0. The topological polar surface area (TPSA) is 53.3 Å². The summed E-state index contributed by atoms with van der Waals surface area (Å²) in [5.74, 6) is 0. The van der Waals surface area contributed by atoms with E-state index in [0.29, 0.717) is 11.7 Å². The number of hydrogen-bond donors (Lipinski definition) is 2. The van der Waals surface area contributed by atoms with Crippen molar-refractivity contribution < 1.29 is 5.11 Å². The molecule has 6 heteroatoms. The van der Waals surface area contributed by atoms with E-state index in [2.05, 4.69) is 45.5 Å². The van der Waals surface area contributed by atoms with Crippen molar-refractivity contribution in [2.45, 2.75) is 12.1 Å². The minimum absolute atomic E-state index is 0.0190. The normalized spacial score (nSPS) is 19.6. The number of pyridine rings is 1. The van der Waals surface area contributed by atoms with E-state index < -0.39 is 0 Å². The Morgan fingerprint density at radius 1 is 1.08 bits per heavy atom. The second-order valence-corrected chi connectivity index (χ2v) is 6.62. The first-order valence-corrected chi connectivity index (χ1v) is 9.01. The maximum Gasteiger partial charge on any atom is 0.170 e. The molecule has 26 heavy (non-hydrogen) atoms. The molecule has 0 spiro atoms. The average Bonchev–Trinajstić information content (AvgIpc) is 3.29. The molecule has 0 unspecified atom stereocenters. The van der Waals surface area contributed by atoms with E-state index in [4.69, 9.17) is 12.2 Å². The van der Waals surface area contributed by atoms with Gasteiger partial charge in [0.15, 0.2) is 5.11 Å². The van der Waals surface area contributed by atoms with Crippen molar-refractivity contribution in [3.05, 3.63) is 84.4 Å². The Balaban J connectivity index is 1.72. The van der Waals surface area contributed by atoms with Crippen LogP contribution < -0.4 is 5.32 Å². The van der Waals surface area contributed by atoms with Crippen molar-refractivity contribution in [1.82, 2.24) is 19.8 Å². The molecule has 0 aliphatic carbocycles. The van der Waals surface area contributed by atoms with Crippen LogP contribution in [0.2, 0.25) is 0 Å². The Labute approximate surface area is 157 Å². The second-order valence-electron chi connectivity index (χ2n) is 6.23. The lowest BCUT2D eigenvalue weighted by molar-refractivity contribution is 0.223. The van der Waals surface area contributed by atoms with E-state index in [1.165, 1.54) is 0 Å². The summed E-state index contributed by atoms with van der Waals surface area (Å²) in [5, 5.41) is 13.5. The smallest absolute Gasteiger partial charge is 0.170 e. The van der Waals surface area contributed by atoms with Crippen LogP contribution in [0.1, 0.15) is 23.3 Å². The molecule has 1 saturated heterocycles. The van der Waals surface area contributed by atoms with Gasteiger partial charge in [-0.15, -0.1) is 0 Å². The van der Waals surface area contributed by atoms with Crippen LogP contribution >= 0.6 is 12.2 Å². The molecule has 1 fully saturated rings. The zero-order chi connectivity index (χ0) is 17.9. The maximum atomic E-state index is 9.50. The van der Waals surface area contributed by atoms with Crippen LogP contribution in [0, 0.1) is 0 Å². The highest BCUT2D eigenvalue weighted by molar-refractivity contribution is 7.80. The van der Waals surface area contributed by atoms with Crippen LogP contribution in [-0.2, 0) is 0 Å². The minimum Gasteiger partial charge on any atom is -0.395 e. The monoisotopic (exact) mass is 364 g/mol. The summed E-state index contributed by atoms with van der Waals surface area (Å²) in [7, 11) is 0. The Hall–Kier alpha value is -2.70. The quantitative estimate of drug-likeness (QED) is 0.682. The fraction of sp³-hybridized carbons (Fsp3) is 0.200. The van der Waals surface area contributed by atoms with Gasteiger partial charge in [-0.3, -0.25) is 4.98 Å². The second kappa shape index (κ2) is 7.27. The van der Waals surface area contributed by atoms with Gasteiger partial charge in [0.2, 0.25) is 0 Å². The summed E-state index contributed by atoms with van der Waals surface area (Å²) in [6.45, 7) is 0.531. The SMILES string of the molecule is OCCN1C(=S)N[C@H](c2ccccn2)[C@H]1c1ccn(-c2ccccc2)c1. The maximum absolute atomic E-state index is 9.50. The number of nitrogens with zero attached hydrogens (tertiary/aromatic N) is 3. The van der Waals surface area contributed by atoms with E-state index in [0.717, 1.165) is 16.9 Å². The third-order valence-electron chi connectivity index (χ3n) is 4.65. The molecule has 3 aromatic rings. The third kappa shape index (κ3) is 3.09. The Bertz CT molecular complexity index is 881. The lowest BCUT2D eigenvalue weighted by Gasteiger charge is -2.26. The predicted molar refractivity (Wildman–Crippen MR) is 105 cm³/mol. The fourth-order valence-electron chi connectivity index (χ4n) is 3.47. The summed E-state index contributed by atoms with van der Waals surface area (Å²) in [6.07, 6.45) is 5.97. The van der Waals surface area contributed by atoms with Crippen LogP contribution in [0.25, 0.3) is 5.69 Å². The van der Waals surface area contributed by atoms with Crippen LogP contribution in [0.4, 0.5) is 0 Å². The van der Waals surface area contributed by atoms with Gasteiger partial charge in [0.1, 0.15) is 0 Å². The molecule has 0 saturated carbocycles. The van der Waals surface area contributed by atoms with E-state index in [1.807, 2.05) is 41.3 Å². The van der Waals surface area contributed by atoms with Gasteiger partial charge in [-0.05, 0) is 48.1 Å². The number of para-hydroxylation sites is 1. The van der Waals surface area contributed by atoms with Gasteiger partial charge in [0.25, 0.3) is 0 Å². The molecule has 4 rings (SSSR count). The zero-order valence-electron chi connectivity index (χ0n) is 14.2. The molecule has 2 aromatic heterocycles. The summed E-state index contributed by atoms with van der Waals surface area (Å²) in [5.41, 5.74) is 3.17. The van der Waals surface area contributed by atoms with Gasteiger partial charge in [-0.2, -0.15) is 0 Å². The van der Waals surface area contributed by atoms with Gasteiger partial charge in [-0.25, -0.2) is 0 Å². The molecule has 0 amide bonds. The van der Waals surface area contributed by atoms with E-state index in [9.17, 15) is 5.11 Å². The van der Waals surface area contributed by atoms with E-state index in [1.54, 1.807) is 6.20 Å². The van der Waals surface area contributed by atoms with Crippen molar-refractivity contribution in [3.8, 4) is 5.69 Å². The summed E-state index contributed by atoms with van der Waals surface area (Å²) >= 11 is 5.53. The van der Waals surface area contributed by atoms with Crippen molar-refractivity contribution in [3.63, 3.8) is 0 Å². The van der Waals surface area contributed by atoms with Crippen LogP contribution in [0.15, 0.2) is 73.2 Å². The summed E-state index contributed by atoms with van der Waals surface area (Å²) < 4.78 is 2.10. The third-order valence-corrected chi connectivity index (χ3v) is 5.00. The molecule has 1 aromatic carbocycles. The Morgan fingerprint density at radius 3 is 2.62 bits per heavy atom. The van der Waals surface area contributed by atoms with Crippen LogP contribution in [0.5, 0.6) is 0 Å². The minimum atomic E-state index is -0.0538. The standard InChI is InChI=1S/C20H20N4OS/c25-13-12-24-19(18(22-20(24)26)17-8-4-5-10-21-17)15-9-11-23(14-15)16-6-2-1-3-7-16/h1-11,14,18-19,25H,12-13H2,(H,22,26)/t18-,19-/m1/s1. The van der Waals surface area contributed by atoms with E-state index in [-0.39, 0.29) is 18.7 Å². The molecule has 5 nitrogen and oxygen atoms in total. The highest BCUT2D eigenvalue weighted by atomic mass is 32.1. The first-order valence-electron chi connectivity index (χ1n) is 8.60. The Morgan fingerprint density at radius 2 is 1.88 bits per heavy atom. The highest BCUT2D eigenvalue weighted by Gasteiger charge is 2.39. The van der Waals surface area contributed by atoms with Gasteiger partial charge in [-0.1, -0.05) is 24.3 Å². The highest BCUT2D eigenvalue weighted by Crippen LogP contribution is 2.38. The number of rotatable bonds is 5. The van der Waals surface area contributed by atoms with Crippen molar-refractivity contribution >= 4 is 17.3 Å². The number of aromatic nitrogens is 2. The van der Waals surface area contributed by atoms with Gasteiger partial charge >= 0.3 is 0 Å². The fourth-order valence-corrected chi connectivity index (χ4v) is 3.80. The molecular weight excluding hydrogens is 344 g/mol. The number of aliphatic hydroxyl groups is 1. The molecule has 1 aliphatic heterocycles. The predicted octanol–water partition coefficient (Wildman–Crippen LogP) is 2.84. The van der Waals surface area contributed by atoms with E-state index >= 15 is 0 Å². The van der Waals surface area contributed by atoms with Gasteiger partial charge < -0.3 is 19.9 Å². The molecule has 1 aliphatic rings. The Kier molecular flexibility index (Phi) is 4.69. The molecule has 0 radical (unpaired) electrons. The number of hydrogen-bond acceptors (Lipinski definition) is 3. The number of nitrogens with one attached hydrogen (secondary N) is 1. The first-order chi connectivity index (χ1) is 12.8. The van der Waals surface area contributed by atoms with Crippen molar-refractivity contribution in [1.29, 1.82) is 0 Å². The first kappa shape index (κ1) is 16.8. The summed E-state index contributed by atoms with van der Waals surface area (Å²) in [4.78, 5) is 6.55. The average molecular weight is 364 g/mol. The molecule has 3 heterocycles. The summed E-state index contributed by atoms with van der Waals surface area (Å²) in [6, 6.07) is 18.1. The molecular formula is C20H20N4OS.